The third kappa shape index (κ3) is 5.19. The van der Waals surface area contributed by atoms with Crippen LogP contribution in [0.3, 0.4) is 0 Å². The zero-order chi connectivity index (χ0) is 21.7. The number of benzene rings is 1. The number of thiophene rings is 1. The van der Waals surface area contributed by atoms with E-state index in [1.807, 2.05) is 55.1 Å². The van der Waals surface area contributed by atoms with E-state index in [0.717, 1.165) is 34.7 Å². The Morgan fingerprint density at radius 1 is 1.30 bits per heavy atom. The van der Waals surface area contributed by atoms with Crippen LogP contribution in [0.4, 0.5) is 5.00 Å². The molecule has 0 spiro atoms. The number of nitrogens with zero attached hydrogens (tertiary/aromatic N) is 2. The van der Waals surface area contributed by atoms with Crippen molar-refractivity contribution < 1.29 is 9.53 Å². The minimum absolute atomic E-state index is 0.394. The molecule has 0 radical (unpaired) electrons. The van der Waals surface area contributed by atoms with Gasteiger partial charge in [-0.25, -0.2) is 4.79 Å². The first-order valence-corrected chi connectivity index (χ1v) is 11.0. The van der Waals surface area contributed by atoms with Crippen LogP contribution in [-0.4, -0.2) is 34.5 Å². The molecule has 0 bridgehead atoms. The minimum Gasteiger partial charge on any atom is -0.465 e. The van der Waals surface area contributed by atoms with Crippen LogP contribution in [0.25, 0.3) is 11.1 Å². The van der Waals surface area contributed by atoms with Crippen molar-refractivity contribution in [3.8, 4) is 11.1 Å². The van der Waals surface area contributed by atoms with Gasteiger partial charge in [-0.15, -0.1) is 11.3 Å². The van der Waals surface area contributed by atoms with Crippen molar-refractivity contribution in [1.29, 1.82) is 0 Å². The molecule has 0 aliphatic rings. The van der Waals surface area contributed by atoms with Crippen LogP contribution in [-0.2, 0) is 11.3 Å². The van der Waals surface area contributed by atoms with Crippen LogP contribution < -0.4 is 10.6 Å². The summed E-state index contributed by atoms with van der Waals surface area (Å²) in [6, 6.07) is 9.79. The molecular weight excluding hydrogens is 440 g/mol. The molecule has 2 aromatic heterocycles. The molecule has 6 nitrogen and oxygen atoms in total. The number of esters is 1. The normalized spacial score (nSPS) is 10.7. The van der Waals surface area contributed by atoms with Gasteiger partial charge in [0.25, 0.3) is 0 Å². The van der Waals surface area contributed by atoms with Gasteiger partial charge in [0.2, 0.25) is 0 Å². The van der Waals surface area contributed by atoms with Crippen LogP contribution in [0.5, 0.6) is 0 Å². The van der Waals surface area contributed by atoms with E-state index in [4.69, 9.17) is 28.6 Å². The third-order valence-corrected chi connectivity index (χ3v) is 6.14. The molecule has 0 aliphatic carbocycles. The Balaban J connectivity index is 1.66. The Labute approximate surface area is 190 Å². The predicted octanol–water partition coefficient (Wildman–Crippen LogP) is 5.05. The molecule has 2 N–H and O–H groups in total. The summed E-state index contributed by atoms with van der Waals surface area (Å²) in [5.74, 6) is -0.394. The lowest BCUT2D eigenvalue weighted by atomic mass is 10.0. The van der Waals surface area contributed by atoms with Gasteiger partial charge >= 0.3 is 5.97 Å². The van der Waals surface area contributed by atoms with Crippen molar-refractivity contribution in [2.45, 2.75) is 26.8 Å². The second-order valence-electron chi connectivity index (χ2n) is 6.65. The summed E-state index contributed by atoms with van der Waals surface area (Å²) >= 11 is 12.9. The molecule has 0 saturated heterocycles. The summed E-state index contributed by atoms with van der Waals surface area (Å²) in [5, 5.41) is 12.5. The smallest absolute Gasteiger partial charge is 0.341 e. The van der Waals surface area contributed by atoms with E-state index < -0.39 is 5.97 Å². The lowest BCUT2D eigenvalue weighted by Crippen LogP contribution is -2.30. The van der Waals surface area contributed by atoms with E-state index in [0.29, 0.717) is 27.2 Å². The first-order chi connectivity index (χ1) is 14.4. The summed E-state index contributed by atoms with van der Waals surface area (Å²) in [6.45, 7) is 5.25. The highest BCUT2D eigenvalue weighted by Gasteiger charge is 2.24. The Morgan fingerprint density at radius 2 is 2.03 bits per heavy atom. The highest BCUT2D eigenvalue weighted by molar-refractivity contribution is 7.80. The van der Waals surface area contributed by atoms with Crippen LogP contribution >= 0.6 is 35.2 Å². The van der Waals surface area contributed by atoms with Crippen molar-refractivity contribution in [1.82, 2.24) is 15.1 Å². The Hall–Kier alpha value is -2.42. The van der Waals surface area contributed by atoms with Gasteiger partial charge in [0.15, 0.2) is 5.11 Å². The molecule has 3 aromatic rings. The van der Waals surface area contributed by atoms with Crippen molar-refractivity contribution in [3.63, 3.8) is 0 Å². The van der Waals surface area contributed by atoms with Gasteiger partial charge in [-0.2, -0.15) is 5.10 Å². The number of hydrogen-bond donors (Lipinski definition) is 2. The van der Waals surface area contributed by atoms with Crippen LogP contribution in [0.2, 0.25) is 5.02 Å². The maximum Gasteiger partial charge on any atom is 0.341 e. The van der Waals surface area contributed by atoms with Crippen molar-refractivity contribution in [3.05, 3.63) is 57.7 Å². The molecule has 0 aliphatic heterocycles. The monoisotopic (exact) mass is 462 g/mol. The average molecular weight is 463 g/mol. The Morgan fingerprint density at radius 3 is 2.67 bits per heavy atom. The summed E-state index contributed by atoms with van der Waals surface area (Å²) in [4.78, 5) is 13.5. The van der Waals surface area contributed by atoms with E-state index >= 15 is 0 Å². The van der Waals surface area contributed by atoms with E-state index in [9.17, 15) is 4.79 Å². The number of nitrogens with one attached hydrogen (secondary N) is 2. The number of thiocarbonyl (C=S) groups is 1. The largest absolute Gasteiger partial charge is 0.465 e. The molecular formula is C21H23ClN4O2S2. The van der Waals surface area contributed by atoms with E-state index in [-0.39, 0.29) is 0 Å². The molecule has 0 saturated carbocycles. The topological polar surface area (TPSA) is 68.2 Å². The highest BCUT2D eigenvalue weighted by Crippen LogP contribution is 2.40. The van der Waals surface area contributed by atoms with Crippen molar-refractivity contribution in [2.75, 3.05) is 19.0 Å². The number of carbonyl (C=O) groups is 1. The third-order valence-electron chi connectivity index (χ3n) is 4.50. The average Bonchev–Trinajstić information content (AvgIpc) is 3.23. The van der Waals surface area contributed by atoms with Crippen LogP contribution in [0, 0.1) is 13.8 Å². The quantitative estimate of drug-likeness (QED) is 0.291. The number of ether oxygens (including phenoxy) is 1. The number of aromatic nitrogens is 2. The van der Waals surface area contributed by atoms with E-state index in [2.05, 4.69) is 15.7 Å². The molecule has 1 aromatic carbocycles. The van der Waals surface area contributed by atoms with Gasteiger partial charge in [-0.1, -0.05) is 41.9 Å². The van der Waals surface area contributed by atoms with Crippen molar-refractivity contribution >= 4 is 51.2 Å². The van der Waals surface area contributed by atoms with E-state index in [1.54, 1.807) is 0 Å². The number of halogens is 1. The van der Waals surface area contributed by atoms with E-state index in [1.165, 1.54) is 18.4 Å². The summed E-state index contributed by atoms with van der Waals surface area (Å²) in [5.41, 5.74) is 3.15. The SMILES string of the molecule is COC(=O)c1c(NC(=S)NCCCn2cc(Cl)c(C)n2)sc(C)c1-c1ccccc1. The number of rotatable bonds is 7. The zero-order valence-corrected chi connectivity index (χ0v) is 19.4. The fourth-order valence-corrected chi connectivity index (χ4v) is 4.57. The zero-order valence-electron chi connectivity index (χ0n) is 17.0. The lowest BCUT2D eigenvalue weighted by Gasteiger charge is -2.11. The predicted molar refractivity (Wildman–Crippen MR) is 127 cm³/mol. The van der Waals surface area contributed by atoms with Crippen molar-refractivity contribution in [2.24, 2.45) is 0 Å². The first-order valence-electron chi connectivity index (χ1n) is 9.42. The van der Waals surface area contributed by atoms with Crippen LogP contribution in [0.1, 0.15) is 27.3 Å². The fourth-order valence-electron chi connectivity index (χ4n) is 3.08. The minimum atomic E-state index is -0.394. The fraction of sp³-hybridized carbons (Fsp3) is 0.286. The van der Waals surface area contributed by atoms with Gasteiger partial charge < -0.3 is 15.4 Å². The first kappa shape index (κ1) is 22.3. The summed E-state index contributed by atoms with van der Waals surface area (Å²) < 4.78 is 6.86. The summed E-state index contributed by atoms with van der Waals surface area (Å²) in [6.07, 6.45) is 2.64. The molecule has 0 amide bonds. The maximum atomic E-state index is 12.5. The second-order valence-corrected chi connectivity index (χ2v) is 8.70. The number of methoxy groups -OCH3 is 1. The molecule has 9 heteroatoms. The summed E-state index contributed by atoms with van der Waals surface area (Å²) in [7, 11) is 1.38. The number of hydrogen-bond acceptors (Lipinski definition) is 5. The standard InChI is InChI=1S/C21H23ClN4O2S2/c1-13-16(22)12-26(25-13)11-7-10-23-21(29)24-19-18(20(27)28-3)17(14(2)30-19)15-8-5-4-6-9-15/h4-6,8-9,12H,7,10-11H2,1-3H3,(H2,23,24,29). The lowest BCUT2D eigenvalue weighted by molar-refractivity contribution is 0.0603. The van der Waals surface area contributed by atoms with Gasteiger partial charge in [0, 0.05) is 29.7 Å². The Kier molecular flexibility index (Phi) is 7.47. The number of carbonyl (C=O) groups excluding carboxylic acids is 1. The van der Waals surface area contributed by atoms with Gasteiger partial charge in [0.05, 0.1) is 17.8 Å². The second kappa shape index (κ2) is 10.1. The van der Waals surface area contributed by atoms with Gasteiger partial charge in [-0.05, 0) is 38.0 Å². The van der Waals surface area contributed by atoms with Gasteiger partial charge in [-0.3, -0.25) is 4.68 Å². The Bertz CT molecular complexity index is 1030. The molecule has 30 heavy (non-hydrogen) atoms. The molecule has 0 fully saturated rings. The molecule has 0 unspecified atom stereocenters. The highest BCUT2D eigenvalue weighted by atomic mass is 35.5. The van der Waals surface area contributed by atoms with Crippen LogP contribution in [0.15, 0.2) is 36.5 Å². The number of anilines is 1. The molecule has 3 rings (SSSR count). The molecule has 0 atom stereocenters. The molecule has 158 valence electrons. The maximum absolute atomic E-state index is 12.5. The van der Waals surface area contributed by atoms with Gasteiger partial charge in [0.1, 0.15) is 10.6 Å². The molecule has 2 heterocycles. The number of aryl methyl sites for hydroxylation is 3.